The number of carbonyl (C=O) groups excluding carboxylic acids is 1. The Balaban J connectivity index is 1.27. The maximum absolute atomic E-state index is 13.0. The van der Waals surface area contributed by atoms with Crippen molar-refractivity contribution in [1.82, 2.24) is 30.0 Å². The molecule has 1 aromatic carbocycles. The number of carbonyl (C=O) groups is 1. The van der Waals surface area contributed by atoms with Gasteiger partial charge in [-0.1, -0.05) is 11.2 Å². The summed E-state index contributed by atoms with van der Waals surface area (Å²) in [6.45, 7) is 1.45. The second-order valence-corrected chi connectivity index (χ2v) is 7.33. The lowest BCUT2D eigenvalue weighted by atomic mass is 9.94. The van der Waals surface area contributed by atoms with Gasteiger partial charge >= 0.3 is 0 Å². The van der Waals surface area contributed by atoms with Crippen LogP contribution in [0.2, 0.25) is 0 Å². The van der Waals surface area contributed by atoms with Crippen LogP contribution in [0.1, 0.15) is 29.0 Å². The molecule has 0 aliphatic carbocycles. The number of benzene rings is 1. The Hall–Kier alpha value is -3.55. The van der Waals surface area contributed by atoms with E-state index in [0.717, 1.165) is 30.4 Å². The summed E-state index contributed by atoms with van der Waals surface area (Å²) in [4.78, 5) is 30.9. The highest BCUT2D eigenvalue weighted by molar-refractivity contribution is 5.97. The number of H-pyrrole nitrogens is 1. The third-order valence-electron chi connectivity index (χ3n) is 5.30. The van der Waals surface area contributed by atoms with Crippen molar-refractivity contribution in [2.45, 2.75) is 19.3 Å². The number of pyridine rings is 1. The van der Waals surface area contributed by atoms with Crippen molar-refractivity contribution < 1.29 is 9.32 Å². The fraction of sp³-hybridized carbons (Fsp3) is 0.286. The number of fused-ring (bicyclic) bond motifs is 1. The normalized spacial score (nSPS) is 17.0. The molecule has 0 radical (unpaired) electrons. The number of aromatic amines is 1. The molecule has 4 heterocycles. The molecule has 3 aromatic heterocycles. The van der Waals surface area contributed by atoms with E-state index in [1.807, 2.05) is 41.3 Å². The van der Waals surface area contributed by atoms with Crippen LogP contribution in [0.5, 0.6) is 0 Å². The summed E-state index contributed by atoms with van der Waals surface area (Å²) in [5.41, 5.74) is 3.08. The Morgan fingerprint density at radius 3 is 3.10 bits per heavy atom. The molecule has 1 unspecified atom stereocenters. The molecular weight excluding hydrogens is 368 g/mol. The standard InChI is InChI=1S/C21H20N6O2/c28-21(15-6-7-16-18(11-15)24-13-23-16)27-9-3-4-14(12-27)10-19-25-20(29-26-19)17-5-1-2-8-22-17/h1-2,5-8,11,13-14H,3-4,9-10,12H2,(H,23,24). The number of piperidine rings is 1. The molecule has 146 valence electrons. The Morgan fingerprint density at radius 1 is 1.24 bits per heavy atom. The van der Waals surface area contributed by atoms with E-state index in [0.29, 0.717) is 41.9 Å². The average molecular weight is 388 g/mol. The summed E-state index contributed by atoms with van der Waals surface area (Å²) in [5, 5.41) is 4.10. The first-order valence-electron chi connectivity index (χ1n) is 9.72. The van der Waals surface area contributed by atoms with Crippen molar-refractivity contribution in [3.8, 4) is 11.6 Å². The number of hydrogen-bond acceptors (Lipinski definition) is 6. The Labute approximate surface area is 167 Å². The molecular formula is C21H20N6O2. The van der Waals surface area contributed by atoms with Crippen molar-refractivity contribution in [2.24, 2.45) is 5.92 Å². The second-order valence-electron chi connectivity index (χ2n) is 7.33. The minimum absolute atomic E-state index is 0.0495. The van der Waals surface area contributed by atoms with E-state index in [-0.39, 0.29) is 5.91 Å². The summed E-state index contributed by atoms with van der Waals surface area (Å²) in [6, 6.07) is 11.2. The smallest absolute Gasteiger partial charge is 0.276 e. The van der Waals surface area contributed by atoms with Gasteiger partial charge in [0.1, 0.15) is 5.69 Å². The lowest BCUT2D eigenvalue weighted by Gasteiger charge is -2.32. The predicted octanol–water partition coefficient (Wildman–Crippen LogP) is 3.10. The van der Waals surface area contributed by atoms with Crippen LogP contribution in [-0.2, 0) is 6.42 Å². The third kappa shape index (κ3) is 3.61. The van der Waals surface area contributed by atoms with Crippen molar-refractivity contribution in [3.63, 3.8) is 0 Å². The first-order chi connectivity index (χ1) is 14.3. The molecule has 8 heteroatoms. The molecule has 1 aliphatic rings. The SMILES string of the molecule is O=C(c1ccc2nc[nH]c2c1)N1CCCC(Cc2noc(-c3ccccn3)n2)C1. The van der Waals surface area contributed by atoms with Gasteiger partial charge in [0.2, 0.25) is 0 Å². The first-order valence-corrected chi connectivity index (χ1v) is 9.72. The predicted molar refractivity (Wildman–Crippen MR) is 106 cm³/mol. The van der Waals surface area contributed by atoms with Crippen LogP contribution in [0, 0.1) is 5.92 Å². The molecule has 1 N–H and O–H groups in total. The first kappa shape index (κ1) is 17.5. The monoisotopic (exact) mass is 388 g/mol. The lowest BCUT2D eigenvalue weighted by molar-refractivity contribution is 0.0672. The maximum Gasteiger partial charge on any atom is 0.276 e. The van der Waals surface area contributed by atoms with Crippen LogP contribution in [0.3, 0.4) is 0 Å². The van der Waals surface area contributed by atoms with Gasteiger partial charge in [-0.05, 0) is 49.1 Å². The molecule has 4 aromatic rings. The van der Waals surface area contributed by atoms with Crippen LogP contribution in [-0.4, -0.2) is 49.0 Å². The van der Waals surface area contributed by atoms with E-state index >= 15 is 0 Å². The topological polar surface area (TPSA) is 101 Å². The highest BCUT2D eigenvalue weighted by atomic mass is 16.5. The minimum atomic E-state index is 0.0495. The molecule has 1 saturated heterocycles. The van der Waals surface area contributed by atoms with Crippen molar-refractivity contribution in [2.75, 3.05) is 13.1 Å². The summed E-state index contributed by atoms with van der Waals surface area (Å²) < 4.78 is 5.36. The largest absolute Gasteiger partial charge is 0.345 e. The zero-order valence-corrected chi connectivity index (χ0v) is 15.8. The van der Waals surface area contributed by atoms with Gasteiger partial charge in [0.05, 0.1) is 17.4 Å². The Kier molecular flexibility index (Phi) is 4.51. The van der Waals surface area contributed by atoms with Gasteiger partial charge in [-0.3, -0.25) is 9.78 Å². The Morgan fingerprint density at radius 2 is 2.21 bits per heavy atom. The number of amides is 1. The van der Waals surface area contributed by atoms with E-state index in [1.54, 1.807) is 12.5 Å². The van der Waals surface area contributed by atoms with Gasteiger partial charge in [0, 0.05) is 31.3 Å². The zero-order valence-electron chi connectivity index (χ0n) is 15.8. The second kappa shape index (κ2) is 7.46. The molecule has 5 rings (SSSR count). The summed E-state index contributed by atoms with van der Waals surface area (Å²) >= 11 is 0. The Bertz CT molecular complexity index is 1140. The van der Waals surface area contributed by atoms with Gasteiger partial charge < -0.3 is 14.4 Å². The highest BCUT2D eigenvalue weighted by Gasteiger charge is 2.26. The molecule has 29 heavy (non-hydrogen) atoms. The summed E-state index contributed by atoms with van der Waals surface area (Å²) in [6.07, 6.45) is 6.02. The summed E-state index contributed by atoms with van der Waals surface area (Å²) in [5.74, 6) is 1.44. The molecule has 1 fully saturated rings. The highest BCUT2D eigenvalue weighted by Crippen LogP contribution is 2.23. The fourth-order valence-corrected chi connectivity index (χ4v) is 3.86. The molecule has 0 saturated carbocycles. The van der Waals surface area contributed by atoms with E-state index in [4.69, 9.17) is 4.52 Å². The van der Waals surface area contributed by atoms with Crippen LogP contribution in [0.15, 0.2) is 53.4 Å². The van der Waals surface area contributed by atoms with Gasteiger partial charge in [-0.15, -0.1) is 0 Å². The third-order valence-corrected chi connectivity index (χ3v) is 5.30. The van der Waals surface area contributed by atoms with E-state index in [1.165, 1.54) is 0 Å². The number of aromatic nitrogens is 5. The van der Waals surface area contributed by atoms with E-state index in [2.05, 4.69) is 25.1 Å². The number of nitrogens with zero attached hydrogens (tertiary/aromatic N) is 5. The summed E-state index contributed by atoms with van der Waals surface area (Å²) in [7, 11) is 0. The molecule has 1 atom stereocenters. The molecule has 8 nitrogen and oxygen atoms in total. The van der Waals surface area contributed by atoms with Gasteiger partial charge in [-0.2, -0.15) is 4.98 Å². The molecule has 1 aliphatic heterocycles. The van der Waals surface area contributed by atoms with E-state index in [9.17, 15) is 4.79 Å². The minimum Gasteiger partial charge on any atom is -0.345 e. The van der Waals surface area contributed by atoms with Crippen molar-refractivity contribution in [1.29, 1.82) is 0 Å². The maximum atomic E-state index is 13.0. The fourth-order valence-electron chi connectivity index (χ4n) is 3.86. The average Bonchev–Trinajstić information content (AvgIpc) is 3.43. The van der Waals surface area contributed by atoms with Crippen molar-refractivity contribution in [3.05, 3.63) is 60.3 Å². The zero-order chi connectivity index (χ0) is 19.6. The van der Waals surface area contributed by atoms with Crippen LogP contribution in [0.4, 0.5) is 0 Å². The molecule has 0 spiro atoms. The van der Waals surface area contributed by atoms with Crippen LogP contribution >= 0.6 is 0 Å². The number of nitrogens with one attached hydrogen (secondary N) is 1. The van der Waals surface area contributed by atoms with E-state index < -0.39 is 0 Å². The van der Waals surface area contributed by atoms with Gasteiger partial charge in [0.25, 0.3) is 11.8 Å². The number of rotatable bonds is 4. The van der Waals surface area contributed by atoms with Crippen LogP contribution < -0.4 is 0 Å². The quantitative estimate of drug-likeness (QED) is 0.576. The number of hydrogen-bond donors (Lipinski definition) is 1. The molecule has 0 bridgehead atoms. The number of imidazole rings is 1. The molecule has 1 amide bonds. The lowest BCUT2D eigenvalue weighted by Crippen LogP contribution is -2.40. The van der Waals surface area contributed by atoms with Gasteiger partial charge in [-0.25, -0.2) is 4.98 Å². The van der Waals surface area contributed by atoms with Gasteiger partial charge in [0.15, 0.2) is 5.82 Å². The van der Waals surface area contributed by atoms with Crippen molar-refractivity contribution >= 4 is 16.9 Å². The van der Waals surface area contributed by atoms with Crippen LogP contribution in [0.25, 0.3) is 22.6 Å². The number of likely N-dealkylation sites (tertiary alicyclic amines) is 1.